The molecule has 0 fully saturated rings. The summed E-state index contributed by atoms with van der Waals surface area (Å²) in [5.74, 6) is 2.14. The molecule has 2 aromatic rings. The SMILES string of the molecule is CC(C)(C)OC(=O)NC1CC(C)(F)c2cc(F)c(C(=O)NN)cc2N(Cc2ccc(OC(C)(F)F)cc2)C1=O. The first-order valence-corrected chi connectivity index (χ1v) is 11.9. The van der Waals surface area contributed by atoms with E-state index in [1.54, 1.807) is 26.2 Å². The maximum Gasteiger partial charge on any atom is 0.408 e. The number of carbonyl (C=O) groups is 3. The van der Waals surface area contributed by atoms with Gasteiger partial charge in [0, 0.05) is 18.9 Å². The third-order valence-corrected chi connectivity index (χ3v) is 5.72. The van der Waals surface area contributed by atoms with Crippen molar-refractivity contribution >= 4 is 23.6 Å². The lowest BCUT2D eigenvalue weighted by Gasteiger charge is -2.27. The van der Waals surface area contributed by atoms with Crippen LogP contribution in [-0.4, -0.2) is 35.7 Å². The molecule has 1 aliphatic heterocycles. The van der Waals surface area contributed by atoms with Gasteiger partial charge in [0.2, 0.25) is 5.91 Å². The van der Waals surface area contributed by atoms with E-state index in [4.69, 9.17) is 10.6 Å². The van der Waals surface area contributed by atoms with Crippen LogP contribution in [0, 0.1) is 5.82 Å². The number of benzene rings is 2. The molecule has 39 heavy (non-hydrogen) atoms. The number of anilines is 1. The number of hydrazine groups is 1. The van der Waals surface area contributed by atoms with Gasteiger partial charge in [0.15, 0.2) is 0 Å². The lowest BCUT2D eigenvalue weighted by Crippen LogP contribution is -2.50. The number of hydrogen-bond acceptors (Lipinski definition) is 6. The minimum atomic E-state index is -3.42. The summed E-state index contributed by atoms with van der Waals surface area (Å²) in [6.45, 7) is 6.26. The maximum atomic E-state index is 16.1. The van der Waals surface area contributed by atoms with Crippen molar-refractivity contribution in [2.75, 3.05) is 4.90 Å². The molecule has 2 unspecified atom stereocenters. The number of ether oxygens (including phenoxy) is 2. The van der Waals surface area contributed by atoms with E-state index in [0.717, 1.165) is 24.0 Å². The van der Waals surface area contributed by atoms with Gasteiger partial charge in [0.25, 0.3) is 5.91 Å². The topological polar surface area (TPSA) is 123 Å². The number of alkyl halides is 3. The molecule has 0 aliphatic carbocycles. The highest BCUT2D eigenvalue weighted by Gasteiger charge is 2.44. The molecule has 0 aromatic heterocycles. The van der Waals surface area contributed by atoms with Crippen molar-refractivity contribution in [1.29, 1.82) is 0 Å². The second-order valence-electron chi connectivity index (χ2n) is 10.4. The number of hydrogen-bond donors (Lipinski definition) is 3. The lowest BCUT2D eigenvalue weighted by molar-refractivity contribution is -0.158. The predicted molar refractivity (Wildman–Crippen MR) is 133 cm³/mol. The Morgan fingerprint density at radius 3 is 2.31 bits per heavy atom. The van der Waals surface area contributed by atoms with E-state index in [-0.39, 0.29) is 23.5 Å². The molecule has 0 spiro atoms. The van der Waals surface area contributed by atoms with E-state index in [9.17, 15) is 27.6 Å². The normalized spacial score (nSPS) is 19.6. The van der Waals surface area contributed by atoms with Gasteiger partial charge in [-0.2, -0.15) is 8.78 Å². The summed E-state index contributed by atoms with van der Waals surface area (Å²) in [4.78, 5) is 39.5. The fraction of sp³-hybridized carbons (Fsp3) is 0.423. The molecule has 0 saturated heterocycles. The van der Waals surface area contributed by atoms with Crippen molar-refractivity contribution in [3.05, 3.63) is 58.9 Å². The highest BCUT2D eigenvalue weighted by Crippen LogP contribution is 2.42. The van der Waals surface area contributed by atoms with Crippen LogP contribution < -0.4 is 26.2 Å². The highest BCUT2D eigenvalue weighted by molar-refractivity contribution is 6.02. The minimum Gasteiger partial charge on any atom is -0.444 e. The number of amides is 3. The zero-order chi connectivity index (χ0) is 29.3. The molecule has 0 bridgehead atoms. The van der Waals surface area contributed by atoms with Crippen LogP contribution >= 0.6 is 0 Å². The van der Waals surface area contributed by atoms with E-state index in [1.807, 2.05) is 0 Å². The Kier molecular flexibility index (Phi) is 8.15. The molecule has 2 aromatic carbocycles. The molecule has 4 N–H and O–H groups in total. The smallest absolute Gasteiger partial charge is 0.408 e. The van der Waals surface area contributed by atoms with Crippen molar-refractivity contribution in [2.24, 2.45) is 5.84 Å². The minimum absolute atomic E-state index is 0.140. The molecule has 212 valence electrons. The average Bonchev–Trinajstić information content (AvgIpc) is 2.86. The van der Waals surface area contributed by atoms with Crippen molar-refractivity contribution in [3.63, 3.8) is 0 Å². The number of nitrogens with one attached hydrogen (secondary N) is 2. The molecule has 3 rings (SSSR count). The lowest BCUT2D eigenvalue weighted by atomic mass is 9.90. The monoisotopic (exact) mass is 554 g/mol. The molecule has 9 nitrogen and oxygen atoms in total. The number of nitrogens with zero attached hydrogens (tertiary/aromatic N) is 1. The Morgan fingerprint density at radius 2 is 1.77 bits per heavy atom. The third-order valence-electron chi connectivity index (χ3n) is 5.72. The van der Waals surface area contributed by atoms with Crippen LogP contribution in [0.25, 0.3) is 0 Å². The predicted octanol–water partition coefficient (Wildman–Crippen LogP) is 4.44. The summed E-state index contributed by atoms with van der Waals surface area (Å²) in [5.41, 5.74) is -1.99. The van der Waals surface area contributed by atoms with E-state index in [0.29, 0.717) is 12.5 Å². The van der Waals surface area contributed by atoms with Crippen LogP contribution in [0.15, 0.2) is 36.4 Å². The summed E-state index contributed by atoms with van der Waals surface area (Å²) in [7, 11) is 0. The molecule has 1 heterocycles. The Hall–Kier alpha value is -3.87. The van der Waals surface area contributed by atoms with E-state index >= 15 is 4.39 Å². The number of rotatable bonds is 6. The summed E-state index contributed by atoms with van der Waals surface area (Å²) < 4.78 is 67.1. The molecule has 0 saturated carbocycles. The molecule has 3 amide bonds. The number of alkyl carbamates (subject to hydrolysis) is 1. The largest absolute Gasteiger partial charge is 0.444 e. The fourth-order valence-corrected chi connectivity index (χ4v) is 4.12. The Labute approximate surface area is 222 Å². The van der Waals surface area contributed by atoms with Gasteiger partial charge in [0.05, 0.1) is 17.8 Å². The van der Waals surface area contributed by atoms with Gasteiger partial charge >= 0.3 is 12.2 Å². The average molecular weight is 555 g/mol. The summed E-state index contributed by atoms with van der Waals surface area (Å²) >= 11 is 0. The number of nitrogen functional groups attached to an aromatic ring is 1. The van der Waals surface area contributed by atoms with E-state index < -0.39 is 59.1 Å². The first-order valence-electron chi connectivity index (χ1n) is 11.9. The zero-order valence-corrected chi connectivity index (χ0v) is 22.0. The number of nitrogens with two attached hydrogens (primary N) is 1. The second-order valence-corrected chi connectivity index (χ2v) is 10.4. The Balaban J connectivity index is 2.09. The molecular weight excluding hydrogens is 524 g/mol. The summed E-state index contributed by atoms with van der Waals surface area (Å²) in [5, 5.41) is 2.38. The van der Waals surface area contributed by atoms with Crippen LogP contribution in [0.2, 0.25) is 0 Å². The van der Waals surface area contributed by atoms with E-state index in [1.165, 1.54) is 24.3 Å². The van der Waals surface area contributed by atoms with Crippen LogP contribution in [0.4, 0.5) is 28.0 Å². The van der Waals surface area contributed by atoms with Gasteiger partial charge in [-0.25, -0.2) is 19.4 Å². The number of halogens is 4. The molecule has 13 heteroatoms. The third kappa shape index (κ3) is 7.37. The summed E-state index contributed by atoms with van der Waals surface area (Å²) in [6.07, 6.45) is -4.97. The van der Waals surface area contributed by atoms with Gasteiger partial charge in [-0.05, 0) is 57.5 Å². The first-order chi connectivity index (χ1) is 17.9. The van der Waals surface area contributed by atoms with Crippen LogP contribution in [0.3, 0.4) is 0 Å². The molecule has 1 aliphatic rings. The highest BCUT2D eigenvalue weighted by atomic mass is 19.3. The quantitative estimate of drug-likeness (QED) is 0.210. The van der Waals surface area contributed by atoms with Crippen molar-refractivity contribution in [2.45, 2.75) is 71.0 Å². The Morgan fingerprint density at radius 1 is 1.15 bits per heavy atom. The standard InChI is InChI=1S/C26H30F4N4O5/c1-24(2,3)39-23(37)32-19-12-25(4,28)17-11-18(27)16(21(35)33-31)10-20(17)34(22(19)36)13-14-6-8-15(9-7-14)38-26(5,29)30/h6-11,19H,12-13,31H2,1-5H3,(H,32,37)(H,33,35). The van der Waals surface area contributed by atoms with Crippen LogP contribution in [0.5, 0.6) is 5.75 Å². The maximum absolute atomic E-state index is 16.1. The van der Waals surface area contributed by atoms with Crippen LogP contribution in [-0.2, 0) is 21.7 Å². The first kappa shape index (κ1) is 29.7. The fourth-order valence-electron chi connectivity index (χ4n) is 4.12. The van der Waals surface area contributed by atoms with Crippen molar-refractivity contribution in [1.82, 2.24) is 10.7 Å². The number of carbonyl (C=O) groups excluding carboxylic acids is 3. The van der Waals surface area contributed by atoms with E-state index in [2.05, 4.69) is 10.1 Å². The van der Waals surface area contributed by atoms with Crippen LogP contribution in [0.1, 0.15) is 62.5 Å². The summed E-state index contributed by atoms with van der Waals surface area (Å²) in [6, 6.07) is 5.66. The van der Waals surface area contributed by atoms with Crippen molar-refractivity contribution < 1.29 is 41.4 Å². The number of fused-ring (bicyclic) bond motifs is 1. The zero-order valence-electron chi connectivity index (χ0n) is 22.0. The molecular formula is C26H30F4N4O5. The molecule has 0 radical (unpaired) electrons. The van der Waals surface area contributed by atoms with Crippen molar-refractivity contribution in [3.8, 4) is 5.75 Å². The van der Waals surface area contributed by atoms with Gasteiger partial charge in [-0.3, -0.25) is 15.0 Å². The van der Waals surface area contributed by atoms with Gasteiger partial charge in [-0.15, -0.1) is 0 Å². The van der Waals surface area contributed by atoms with Gasteiger partial charge in [0.1, 0.15) is 28.9 Å². The van der Waals surface area contributed by atoms with Gasteiger partial charge in [-0.1, -0.05) is 12.1 Å². The second kappa shape index (κ2) is 10.7. The molecule has 2 atom stereocenters. The Bertz CT molecular complexity index is 1260. The van der Waals surface area contributed by atoms with Gasteiger partial charge < -0.3 is 19.7 Å².